The molecule has 6 aromatic carbocycles. The molecule has 0 amide bonds. The van der Waals surface area contributed by atoms with Gasteiger partial charge in [-0.2, -0.15) is 0 Å². The first-order valence-electron chi connectivity index (χ1n) is 15.0. The monoisotopic (exact) mass is 532 g/mol. The Balaban J connectivity index is 1.16. The van der Waals surface area contributed by atoms with Crippen LogP contribution in [0.1, 0.15) is 90.4 Å². The minimum atomic E-state index is 0.242. The molecular formula is C40H24N2. The molecule has 2 heteroatoms. The molecule has 0 fully saturated rings. The number of aromatic nitrogens is 2. The van der Waals surface area contributed by atoms with Gasteiger partial charge in [-0.05, 0) is 91.0 Å². The molecule has 6 aliphatic carbocycles. The summed E-state index contributed by atoms with van der Waals surface area (Å²) in [5.41, 5.74) is 21.0. The quantitative estimate of drug-likeness (QED) is 0.183. The Labute approximate surface area is 243 Å². The van der Waals surface area contributed by atoms with Crippen LogP contribution in [-0.4, -0.2) is 9.97 Å². The van der Waals surface area contributed by atoms with E-state index in [1.165, 1.54) is 66.8 Å². The Morgan fingerprint density at radius 1 is 0.262 bits per heavy atom. The van der Waals surface area contributed by atoms with Crippen molar-refractivity contribution in [2.75, 3.05) is 0 Å². The van der Waals surface area contributed by atoms with Crippen LogP contribution in [0.25, 0.3) is 22.1 Å². The van der Waals surface area contributed by atoms with Crippen LogP contribution in [0.4, 0.5) is 0 Å². The van der Waals surface area contributed by atoms with Gasteiger partial charge in [0.1, 0.15) is 0 Å². The zero-order valence-corrected chi connectivity index (χ0v) is 22.8. The maximum absolute atomic E-state index is 5.32. The fourth-order valence-electron chi connectivity index (χ4n) is 8.99. The fourth-order valence-corrected chi connectivity index (χ4v) is 8.99. The van der Waals surface area contributed by atoms with Crippen molar-refractivity contribution in [2.24, 2.45) is 0 Å². The van der Waals surface area contributed by atoms with Gasteiger partial charge >= 0.3 is 0 Å². The largest absolute Gasteiger partial charge is 0.244 e. The molecule has 2 nitrogen and oxygen atoms in total. The van der Waals surface area contributed by atoms with Gasteiger partial charge in [-0.25, -0.2) is 9.97 Å². The first kappa shape index (κ1) is 21.6. The van der Waals surface area contributed by atoms with Crippen molar-refractivity contribution in [3.05, 3.63) is 188 Å². The van der Waals surface area contributed by atoms with Gasteiger partial charge < -0.3 is 0 Å². The Kier molecular flexibility index (Phi) is 3.81. The number of nitrogens with zero attached hydrogens (tertiary/aromatic N) is 2. The lowest BCUT2D eigenvalue weighted by Crippen LogP contribution is -2.27. The summed E-state index contributed by atoms with van der Waals surface area (Å²) in [5.74, 6) is 0.969. The number of hydrogen-bond donors (Lipinski definition) is 0. The minimum Gasteiger partial charge on any atom is -0.244 e. The summed E-state index contributed by atoms with van der Waals surface area (Å²) in [6, 6.07) is 45.4. The van der Waals surface area contributed by atoms with Crippen LogP contribution in [-0.2, 0) is 0 Å². The maximum Gasteiger partial charge on any atom is 0.0897 e. The molecule has 0 unspecified atom stereocenters. The third-order valence-corrected chi connectivity index (χ3v) is 10.6. The van der Waals surface area contributed by atoms with E-state index in [2.05, 4.69) is 121 Å². The molecule has 194 valence electrons. The lowest BCUT2D eigenvalue weighted by Gasteiger charge is -2.42. The van der Waals surface area contributed by atoms with Gasteiger partial charge in [-0.1, -0.05) is 97.1 Å². The summed E-state index contributed by atoms with van der Waals surface area (Å²) < 4.78 is 0. The van der Waals surface area contributed by atoms with Crippen molar-refractivity contribution in [2.45, 2.75) is 23.7 Å². The predicted molar refractivity (Wildman–Crippen MR) is 167 cm³/mol. The van der Waals surface area contributed by atoms with E-state index < -0.39 is 0 Å². The van der Waals surface area contributed by atoms with E-state index in [0.29, 0.717) is 0 Å². The molecule has 0 aliphatic heterocycles. The summed E-state index contributed by atoms with van der Waals surface area (Å²) in [6.07, 6.45) is 0. The molecule has 0 saturated carbocycles. The normalized spacial score (nSPS) is 21.3. The molecule has 4 bridgehead atoms. The Morgan fingerprint density at radius 3 is 0.643 bits per heavy atom. The fraction of sp³-hybridized carbons (Fsp3) is 0.100. The van der Waals surface area contributed by atoms with E-state index in [1.54, 1.807) is 0 Å². The van der Waals surface area contributed by atoms with Crippen LogP contribution in [0.15, 0.2) is 121 Å². The van der Waals surface area contributed by atoms with Crippen LogP contribution in [0, 0.1) is 0 Å². The molecule has 6 aliphatic rings. The second kappa shape index (κ2) is 7.40. The number of fused-ring (bicyclic) bond motifs is 2. The van der Waals surface area contributed by atoms with E-state index in [1.807, 2.05) is 0 Å². The minimum absolute atomic E-state index is 0.242. The SMILES string of the molecule is c1ccc2c(c1)C1c3ccccc3C2c2cc3nc4cc5c(cc4nc3cc21)C1c2ccccc2C5c2ccccc21. The number of benzene rings is 6. The molecule has 1 heterocycles. The van der Waals surface area contributed by atoms with Gasteiger partial charge in [-0.3, -0.25) is 0 Å². The van der Waals surface area contributed by atoms with Gasteiger partial charge in [0.2, 0.25) is 0 Å². The third kappa shape index (κ3) is 2.49. The van der Waals surface area contributed by atoms with E-state index in [0.717, 1.165) is 22.1 Å². The number of rotatable bonds is 0. The summed E-state index contributed by atoms with van der Waals surface area (Å²) >= 11 is 0. The predicted octanol–water partition coefficient (Wildman–Crippen LogP) is 8.76. The van der Waals surface area contributed by atoms with Crippen molar-refractivity contribution in [3.8, 4) is 0 Å². The molecule has 13 rings (SSSR count). The van der Waals surface area contributed by atoms with Crippen molar-refractivity contribution >= 4 is 22.1 Å². The van der Waals surface area contributed by atoms with Crippen molar-refractivity contribution in [1.29, 1.82) is 0 Å². The molecule has 0 atom stereocenters. The Morgan fingerprint density at radius 2 is 0.452 bits per heavy atom. The third-order valence-electron chi connectivity index (χ3n) is 10.6. The lowest BCUT2D eigenvalue weighted by atomic mass is 9.61. The standard InChI is InChI=1S/C40H24N2/c1-2-10-22-21(9-1)37-23-11-3-4-12-24(23)38(22)30-18-34-33(17-29(30)37)41-35-19-31-32(20-36(35)42-34)40-27-15-7-5-13-25(27)39(31)26-14-6-8-16-28(26)40/h1-20,37-40H. The smallest absolute Gasteiger partial charge is 0.0897 e. The van der Waals surface area contributed by atoms with Crippen molar-refractivity contribution in [3.63, 3.8) is 0 Å². The van der Waals surface area contributed by atoms with Gasteiger partial charge in [-0.15, -0.1) is 0 Å². The molecule has 0 saturated heterocycles. The zero-order chi connectivity index (χ0) is 27.1. The van der Waals surface area contributed by atoms with Crippen LogP contribution >= 0.6 is 0 Å². The number of hydrogen-bond acceptors (Lipinski definition) is 2. The maximum atomic E-state index is 5.32. The Bertz CT molecular complexity index is 1930. The highest BCUT2D eigenvalue weighted by molar-refractivity contribution is 5.90. The highest BCUT2D eigenvalue weighted by Gasteiger charge is 2.43. The second-order valence-electron chi connectivity index (χ2n) is 12.4. The van der Waals surface area contributed by atoms with Crippen LogP contribution in [0.2, 0.25) is 0 Å². The van der Waals surface area contributed by atoms with E-state index in [9.17, 15) is 0 Å². The van der Waals surface area contributed by atoms with Gasteiger partial charge in [0.15, 0.2) is 0 Å². The van der Waals surface area contributed by atoms with Crippen LogP contribution in [0.3, 0.4) is 0 Å². The molecule has 1 aromatic heterocycles. The molecule has 0 radical (unpaired) electrons. The van der Waals surface area contributed by atoms with E-state index in [4.69, 9.17) is 9.97 Å². The first-order valence-corrected chi connectivity index (χ1v) is 15.0. The Hall–Kier alpha value is -5.08. The topological polar surface area (TPSA) is 25.8 Å². The van der Waals surface area contributed by atoms with Crippen molar-refractivity contribution < 1.29 is 0 Å². The molecule has 0 spiro atoms. The average Bonchev–Trinajstić information content (AvgIpc) is 3.05. The molecule has 7 aromatic rings. The summed E-state index contributed by atoms with van der Waals surface area (Å²) in [6.45, 7) is 0. The average molecular weight is 533 g/mol. The van der Waals surface area contributed by atoms with Gasteiger partial charge in [0.05, 0.1) is 22.1 Å². The highest BCUT2D eigenvalue weighted by Crippen LogP contribution is 2.57. The summed E-state index contributed by atoms with van der Waals surface area (Å²) in [5, 5.41) is 0. The van der Waals surface area contributed by atoms with Crippen molar-refractivity contribution in [1.82, 2.24) is 9.97 Å². The zero-order valence-electron chi connectivity index (χ0n) is 22.8. The van der Waals surface area contributed by atoms with Gasteiger partial charge in [0, 0.05) is 23.7 Å². The molecular weight excluding hydrogens is 508 g/mol. The first-order chi connectivity index (χ1) is 20.8. The van der Waals surface area contributed by atoms with E-state index in [-0.39, 0.29) is 23.7 Å². The van der Waals surface area contributed by atoms with E-state index >= 15 is 0 Å². The summed E-state index contributed by atoms with van der Waals surface area (Å²) in [4.78, 5) is 10.6. The van der Waals surface area contributed by atoms with Crippen LogP contribution < -0.4 is 0 Å². The molecule has 42 heavy (non-hydrogen) atoms. The molecule has 0 N–H and O–H groups in total. The lowest BCUT2D eigenvalue weighted by molar-refractivity contribution is 0.755. The summed E-state index contributed by atoms with van der Waals surface area (Å²) in [7, 11) is 0. The second-order valence-corrected chi connectivity index (χ2v) is 12.4. The highest BCUT2D eigenvalue weighted by atomic mass is 14.8. The van der Waals surface area contributed by atoms with Gasteiger partial charge in [0.25, 0.3) is 0 Å². The van der Waals surface area contributed by atoms with Crippen LogP contribution in [0.5, 0.6) is 0 Å².